The average Bonchev–Trinajstić information content (AvgIpc) is 3.62. The molecule has 186 valence electrons. The van der Waals surface area contributed by atoms with Crippen LogP contribution in [0.5, 0.6) is 0 Å². The van der Waals surface area contributed by atoms with Gasteiger partial charge >= 0.3 is 12.4 Å². The van der Waals surface area contributed by atoms with Crippen LogP contribution in [-0.2, 0) is 0 Å². The molecular weight excluding hydrogens is 488 g/mol. The summed E-state index contributed by atoms with van der Waals surface area (Å²) < 4.78 is 6.70. The third-order valence-electron chi connectivity index (χ3n) is 7.63. The van der Waals surface area contributed by atoms with Crippen LogP contribution in [0, 0.1) is 0 Å². The molecule has 0 saturated carbocycles. The maximum absolute atomic E-state index is 5.08. The Bertz CT molecular complexity index is 2130. The second-order valence-electron chi connectivity index (χ2n) is 9.97. The Morgan fingerprint density at radius 2 is 1.35 bits per heavy atom. The first-order valence-electron chi connectivity index (χ1n) is 13.4. The molecule has 0 N–H and O–H groups in total. The van der Waals surface area contributed by atoms with Crippen molar-refractivity contribution in [1.29, 1.82) is 0 Å². The Hall–Kier alpha value is -5.57. The molecule has 8 rings (SSSR count). The van der Waals surface area contributed by atoms with Gasteiger partial charge in [0.15, 0.2) is 0 Å². The van der Waals surface area contributed by atoms with Gasteiger partial charge in [0.2, 0.25) is 0 Å². The number of pyridine rings is 2. The van der Waals surface area contributed by atoms with Crippen LogP contribution in [0.15, 0.2) is 128 Å². The lowest BCUT2D eigenvalue weighted by atomic mass is 9.96. The lowest BCUT2D eigenvalue weighted by Gasteiger charge is -2.13. The number of rotatable bonds is 4. The van der Waals surface area contributed by atoms with Crippen LogP contribution in [0.3, 0.4) is 0 Å². The molecule has 0 radical (unpaired) electrons. The first-order chi connectivity index (χ1) is 19.8. The van der Waals surface area contributed by atoms with E-state index in [0.29, 0.717) is 0 Å². The quantitative estimate of drug-likeness (QED) is 0.230. The fourth-order valence-electron chi connectivity index (χ4n) is 5.75. The minimum Gasteiger partial charge on any atom is -0.303 e. The highest BCUT2D eigenvalue weighted by molar-refractivity contribution is 6.11. The Kier molecular flexibility index (Phi) is 5.06. The molecule has 4 heterocycles. The second kappa shape index (κ2) is 9.02. The van der Waals surface area contributed by atoms with E-state index < -0.39 is 0 Å². The molecule has 4 aromatic carbocycles. The maximum atomic E-state index is 5.08. The SMILES string of the molecule is C1=[N+]=Cc2c1c1ccccc1n2-c1ccc(-c2cc(-c3cccc4ccccc34)cc(-c3ccccn3)n2)cc1. The van der Waals surface area contributed by atoms with Crippen molar-refractivity contribution < 1.29 is 0 Å². The molecule has 0 atom stereocenters. The molecule has 0 aliphatic carbocycles. The van der Waals surface area contributed by atoms with Crippen LogP contribution in [-0.4, -0.2) is 27.0 Å². The molecule has 7 aromatic rings. The number of hydrogen-bond acceptors (Lipinski definition) is 2. The van der Waals surface area contributed by atoms with Gasteiger partial charge < -0.3 is 4.57 Å². The summed E-state index contributed by atoms with van der Waals surface area (Å²) in [5.41, 5.74) is 10.5. The van der Waals surface area contributed by atoms with Crippen molar-refractivity contribution in [2.24, 2.45) is 0 Å². The second-order valence-corrected chi connectivity index (χ2v) is 9.97. The fourth-order valence-corrected chi connectivity index (χ4v) is 5.75. The van der Waals surface area contributed by atoms with Gasteiger partial charge in [-0.1, -0.05) is 83.5 Å². The van der Waals surface area contributed by atoms with Gasteiger partial charge in [-0.15, -0.1) is 0 Å². The van der Waals surface area contributed by atoms with Gasteiger partial charge in [0.1, 0.15) is 5.69 Å². The van der Waals surface area contributed by atoms with E-state index in [9.17, 15) is 0 Å². The Morgan fingerprint density at radius 1 is 0.575 bits per heavy atom. The monoisotopic (exact) mass is 511 g/mol. The van der Waals surface area contributed by atoms with Gasteiger partial charge in [-0.05, 0) is 64.4 Å². The van der Waals surface area contributed by atoms with E-state index in [-0.39, 0.29) is 0 Å². The predicted octanol–water partition coefficient (Wildman–Crippen LogP) is 7.49. The summed E-state index contributed by atoms with van der Waals surface area (Å²) >= 11 is 0. The minimum absolute atomic E-state index is 0.853. The van der Waals surface area contributed by atoms with E-state index in [1.807, 2.05) is 36.8 Å². The summed E-state index contributed by atoms with van der Waals surface area (Å²) in [6, 6.07) is 42.4. The van der Waals surface area contributed by atoms with E-state index in [4.69, 9.17) is 4.98 Å². The van der Waals surface area contributed by atoms with Crippen molar-refractivity contribution in [2.75, 3.05) is 0 Å². The van der Waals surface area contributed by atoms with Crippen LogP contribution in [0.2, 0.25) is 0 Å². The molecule has 4 heteroatoms. The molecule has 4 nitrogen and oxygen atoms in total. The molecular formula is C36H23N4+. The number of fused-ring (bicyclic) bond motifs is 4. The number of aromatic nitrogens is 3. The zero-order chi connectivity index (χ0) is 26.5. The van der Waals surface area contributed by atoms with Crippen molar-refractivity contribution in [3.63, 3.8) is 0 Å². The van der Waals surface area contributed by atoms with Crippen molar-refractivity contribution in [3.8, 4) is 39.5 Å². The zero-order valence-corrected chi connectivity index (χ0v) is 21.6. The lowest BCUT2D eigenvalue weighted by Crippen LogP contribution is -2.00. The predicted molar refractivity (Wildman–Crippen MR) is 165 cm³/mol. The molecule has 0 spiro atoms. The van der Waals surface area contributed by atoms with Gasteiger partial charge in [-0.2, -0.15) is 0 Å². The van der Waals surface area contributed by atoms with Gasteiger partial charge in [0, 0.05) is 22.8 Å². The molecule has 0 saturated heterocycles. The first kappa shape index (κ1) is 22.4. The van der Waals surface area contributed by atoms with Gasteiger partial charge in [-0.25, -0.2) is 4.98 Å². The fraction of sp³-hybridized carbons (Fsp3) is 0. The maximum Gasteiger partial charge on any atom is 0.317 e. The molecule has 0 bridgehead atoms. The van der Waals surface area contributed by atoms with E-state index in [2.05, 4.69) is 117 Å². The average molecular weight is 512 g/mol. The molecule has 40 heavy (non-hydrogen) atoms. The molecule has 3 aromatic heterocycles. The van der Waals surface area contributed by atoms with Crippen LogP contribution < -0.4 is 4.67 Å². The smallest absolute Gasteiger partial charge is 0.303 e. The zero-order valence-electron chi connectivity index (χ0n) is 21.6. The number of nitrogens with zero attached hydrogens (tertiary/aromatic N) is 4. The summed E-state index contributed by atoms with van der Waals surface area (Å²) in [5.74, 6) is 0. The Morgan fingerprint density at radius 3 is 2.23 bits per heavy atom. The van der Waals surface area contributed by atoms with E-state index in [1.165, 1.54) is 32.8 Å². The molecule has 0 unspecified atom stereocenters. The van der Waals surface area contributed by atoms with Crippen LogP contribution >= 0.6 is 0 Å². The largest absolute Gasteiger partial charge is 0.317 e. The summed E-state index contributed by atoms with van der Waals surface area (Å²) in [5, 5.41) is 3.65. The van der Waals surface area contributed by atoms with Gasteiger partial charge in [-0.3, -0.25) is 4.98 Å². The number of hydrogen-bond donors (Lipinski definition) is 0. The van der Waals surface area contributed by atoms with Crippen LogP contribution in [0.4, 0.5) is 0 Å². The first-order valence-corrected chi connectivity index (χ1v) is 13.4. The normalized spacial score (nSPS) is 11.9. The Labute approximate surface area is 231 Å². The highest BCUT2D eigenvalue weighted by Crippen LogP contribution is 2.34. The molecule has 1 aliphatic rings. The molecule has 1 aliphatic heterocycles. The van der Waals surface area contributed by atoms with E-state index in [0.717, 1.165) is 39.6 Å². The highest BCUT2D eigenvalue weighted by Gasteiger charge is 2.24. The van der Waals surface area contributed by atoms with Gasteiger partial charge in [0.05, 0.1) is 28.2 Å². The summed E-state index contributed by atoms with van der Waals surface area (Å²) in [6.07, 6.45) is 5.71. The summed E-state index contributed by atoms with van der Waals surface area (Å²) in [7, 11) is 0. The van der Waals surface area contributed by atoms with Crippen molar-refractivity contribution in [3.05, 3.63) is 139 Å². The number of benzene rings is 4. The topological polar surface area (TPSA) is 44.8 Å². The van der Waals surface area contributed by atoms with E-state index >= 15 is 0 Å². The van der Waals surface area contributed by atoms with Gasteiger partial charge in [0.25, 0.3) is 0 Å². The minimum atomic E-state index is 0.853. The van der Waals surface area contributed by atoms with E-state index in [1.54, 1.807) is 0 Å². The summed E-state index contributed by atoms with van der Waals surface area (Å²) in [6.45, 7) is 0. The highest BCUT2D eigenvalue weighted by atomic mass is 15.0. The van der Waals surface area contributed by atoms with Crippen LogP contribution in [0.1, 0.15) is 11.3 Å². The third kappa shape index (κ3) is 3.59. The Balaban J connectivity index is 1.28. The lowest BCUT2D eigenvalue weighted by molar-refractivity contribution is 1.11. The molecule has 0 fully saturated rings. The third-order valence-corrected chi connectivity index (χ3v) is 7.63. The van der Waals surface area contributed by atoms with Crippen LogP contribution in [0.25, 0.3) is 61.1 Å². The standard InChI is InChI=1S/C36H23N4/c1-2-10-28-24(8-1)9-7-12-29(28)26-20-33(39-34(21-26)32-13-5-6-19-38-32)25-15-17-27(18-16-25)40-35-14-4-3-11-30(35)31-22-37-23-36(31)40/h1-23H/q+1. The van der Waals surface area contributed by atoms with Crippen molar-refractivity contribution in [1.82, 2.24) is 19.2 Å². The molecule has 0 amide bonds. The van der Waals surface area contributed by atoms with Crippen molar-refractivity contribution >= 4 is 34.1 Å². The number of para-hydroxylation sites is 1. The van der Waals surface area contributed by atoms with Crippen molar-refractivity contribution in [2.45, 2.75) is 0 Å². The summed E-state index contributed by atoms with van der Waals surface area (Å²) in [4.78, 5) is 9.69.